The molecule has 190 valence electrons. The number of aromatic hydroxyl groups is 1. The lowest BCUT2D eigenvalue weighted by Crippen LogP contribution is -2.19. The van der Waals surface area contributed by atoms with Gasteiger partial charge < -0.3 is 19.5 Å². The second-order valence-corrected chi connectivity index (χ2v) is 9.10. The molecule has 2 aliphatic rings. The lowest BCUT2D eigenvalue weighted by molar-refractivity contribution is -0.122. The van der Waals surface area contributed by atoms with E-state index in [1.807, 2.05) is 45.0 Å². The van der Waals surface area contributed by atoms with E-state index in [1.165, 1.54) is 43.4 Å². The van der Waals surface area contributed by atoms with Crippen LogP contribution in [0.15, 0.2) is 36.4 Å². The van der Waals surface area contributed by atoms with Crippen molar-refractivity contribution in [3.05, 3.63) is 59.0 Å². The van der Waals surface area contributed by atoms with Crippen molar-refractivity contribution in [2.24, 2.45) is 0 Å². The van der Waals surface area contributed by atoms with Crippen LogP contribution in [0.25, 0.3) is 16.6 Å². The minimum atomic E-state index is -0.250. The number of hydrogen-bond donors (Lipinski definition) is 2. The van der Waals surface area contributed by atoms with Crippen LogP contribution in [-0.4, -0.2) is 34.5 Å². The molecule has 2 fully saturated rings. The second kappa shape index (κ2) is 12.7. The van der Waals surface area contributed by atoms with Gasteiger partial charge in [0.15, 0.2) is 0 Å². The zero-order valence-electron chi connectivity index (χ0n) is 21.1. The normalized spacial score (nSPS) is 16.7. The molecule has 2 heterocycles. The average Bonchev–Trinajstić information content (AvgIpc) is 3.22. The molecule has 1 aromatic heterocycles. The maximum atomic E-state index is 14.1. The molecule has 0 spiro atoms. The molecule has 1 aliphatic carbocycles. The predicted octanol–water partition coefficient (Wildman–Crippen LogP) is 7.45. The minimum Gasteiger partial charge on any atom is -0.508 e. The molecule has 0 amide bonds. The van der Waals surface area contributed by atoms with Crippen LogP contribution < -0.4 is 0 Å². The molecule has 1 aliphatic heterocycles. The molecule has 1 saturated carbocycles. The molecule has 5 rings (SSSR count). The number of benzene rings is 2. The Kier molecular flexibility index (Phi) is 9.73. The van der Waals surface area contributed by atoms with Crippen molar-refractivity contribution in [2.45, 2.75) is 77.6 Å². The summed E-state index contributed by atoms with van der Waals surface area (Å²) in [5.74, 6) is 1.07. The Balaban J connectivity index is 0.000000638. The lowest BCUT2D eigenvalue weighted by Gasteiger charge is -2.29. The maximum Gasteiger partial charge on any atom is 0.290 e. The highest BCUT2D eigenvalue weighted by molar-refractivity contribution is 5.89. The number of rotatable bonds is 3. The number of carboxylic acid groups (broad SMARTS) is 1. The molecule has 0 bridgehead atoms. The summed E-state index contributed by atoms with van der Waals surface area (Å²) in [6.07, 6.45) is 8.24. The third-order valence-electron chi connectivity index (χ3n) is 7.05. The zero-order valence-corrected chi connectivity index (χ0v) is 21.1. The summed E-state index contributed by atoms with van der Waals surface area (Å²) in [6, 6.07) is 11.2. The van der Waals surface area contributed by atoms with Crippen LogP contribution in [0.4, 0.5) is 4.39 Å². The first-order chi connectivity index (χ1) is 17.0. The fourth-order valence-electron chi connectivity index (χ4n) is 5.56. The van der Waals surface area contributed by atoms with Gasteiger partial charge in [0.1, 0.15) is 11.6 Å². The number of phenols is 1. The van der Waals surface area contributed by atoms with E-state index in [1.54, 1.807) is 12.1 Å². The number of nitrogens with zero attached hydrogens (tertiary/aromatic N) is 1. The fourth-order valence-corrected chi connectivity index (χ4v) is 5.56. The van der Waals surface area contributed by atoms with E-state index >= 15 is 0 Å². The molecule has 0 unspecified atom stereocenters. The highest BCUT2D eigenvalue weighted by atomic mass is 19.1. The molecule has 3 aromatic rings. The van der Waals surface area contributed by atoms with Crippen molar-refractivity contribution >= 4 is 17.4 Å². The van der Waals surface area contributed by atoms with E-state index in [2.05, 4.69) is 4.57 Å². The van der Waals surface area contributed by atoms with Gasteiger partial charge in [0.05, 0.1) is 5.52 Å². The SMILES string of the molecule is CC.Cc1cc(-n2c(C3CCOCC3)c(C3CCCCC3)c3cc(O)ccc32)ccc1F.O=CO. The number of carbonyl (C=O) groups is 1. The summed E-state index contributed by atoms with van der Waals surface area (Å²) in [6.45, 7) is 7.14. The van der Waals surface area contributed by atoms with E-state index in [0.717, 1.165) is 42.6 Å². The van der Waals surface area contributed by atoms with Crippen LogP contribution in [0.3, 0.4) is 0 Å². The highest BCUT2D eigenvalue weighted by Gasteiger charge is 2.31. The van der Waals surface area contributed by atoms with Gasteiger partial charge in [-0.2, -0.15) is 0 Å². The van der Waals surface area contributed by atoms with Gasteiger partial charge in [-0.25, -0.2) is 4.39 Å². The van der Waals surface area contributed by atoms with Crippen molar-refractivity contribution in [3.63, 3.8) is 0 Å². The van der Waals surface area contributed by atoms with Gasteiger partial charge in [0, 0.05) is 35.9 Å². The molecule has 6 heteroatoms. The van der Waals surface area contributed by atoms with E-state index in [0.29, 0.717) is 23.1 Å². The van der Waals surface area contributed by atoms with Gasteiger partial charge in [-0.15, -0.1) is 0 Å². The Bertz CT molecular complexity index is 1110. The zero-order chi connectivity index (χ0) is 25.4. The van der Waals surface area contributed by atoms with Gasteiger partial charge in [0.25, 0.3) is 6.47 Å². The quantitative estimate of drug-likeness (QED) is 0.380. The number of phenolic OH excluding ortho intramolecular Hbond substituents is 1. The number of hydrogen-bond acceptors (Lipinski definition) is 3. The smallest absolute Gasteiger partial charge is 0.290 e. The van der Waals surface area contributed by atoms with Gasteiger partial charge in [-0.1, -0.05) is 33.1 Å². The molecule has 35 heavy (non-hydrogen) atoms. The van der Waals surface area contributed by atoms with Crippen LogP contribution in [-0.2, 0) is 9.53 Å². The summed E-state index contributed by atoms with van der Waals surface area (Å²) in [7, 11) is 0. The van der Waals surface area contributed by atoms with Crippen molar-refractivity contribution < 1.29 is 24.1 Å². The van der Waals surface area contributed by atoms with Crippen LogP contribution in [0.2, 0.25) is 0 Å². The van der Waals surface area contributed by atoms with Crippen molar-refractivity contribution in [1.82, 2.24) is 4.57 Å². The van der Waals surface area contributed by atoms with Crippen LogP contribution in [0, 0.1) is 12.7 Å². The standard InChI is InChI=1S/C26H30FNO2.C2H6.CH2O2/c1-17-15-20(7-9-23(17)27)28-24-10-8-21(29)16-22(24)25(18-5-3-2-4-6-18)26(28)19-11-13-30-14-12-19;1-2;2-1-3/h7-10,15-16,18-19,29H,2-6,11-14H2,1H3;1-2H3;1H,(H,2,3). The first kappa shape index (κ1) is 26.7. The maximum absolute atomic E-state index is 14.1. The topological polar surface area (TPSA) is 71.7 Å². The monoisotopic (exact) mass is 483 g/mol. The van der Waals surface area contributed by atoms with Gasteiger partial charge in [-0.05, 0) is 86.1 Å². The van der Waals surface area contributed by atoms with E-state index < -0.39 is 0 Å². The number of fused-ring (bicyclic) bond motifs is 1. The van der Waals surface area contributed by atoms with Crippen molar-refractivity contribution in [2.75, 3.05) is 13.2 Å². The second-order valence-electron chi connectivity index (χ2n) is 9.10. The number of aryl methyl sites for hydroxylation is 1. The van der Waals surface area contributed by atoms with Gasteiger partial charge in [0.2, 0.25) is 0 Å². The summed E-state index contributed by atoms with van der Waals surface area (Å²) in [5.41, 5.74) is 5.55. The number of ether oxygens (including phenoxy) is 1. The summed E-state index contributed by atoms with van der Waals surface area (Å²) >= 11 is 0. The highest BCUT2D eigenvalue weighted by Crippen LogP contribution is 2.46. The summed E-state index contributed by atoms with van der Waals surface area (Å²) < 4.78 is 22.1. The Morgan fingerprint density at radius 2 is 1.63 bits per heavy atom. The average molecular weight is 484 g/mol. The van der Waals surface area contributed by atoms with Gasteiger partial charge >= 0.3 is 0 Å². The first-order valence-electron chi connectivity index (χ1n) is 12.8. The Labute approximate surface area is 207 Å². The largest absolute Gasteiger partial charge is 0.508 e. The fraction of sp³-hybridized carbons (Fsp3) is 0.483. The Morgan fingerprint density at radius 3 is 2.26 bits per heavy atom. The summed E-state index contributed by atoms with van der Waals surface area (Å²) in [4.78, 5) is 8.36. The molecule has 2 aromatic carbocycles. The van der Waals surface area contributed by atoms with Crippen molar-refractivity contribution in [3.8, 4) is 11.4 Å². The molecule has 5 nitrogen and oxygen atoms in total. The number of halogens is 1. The van der Waals surface area contributed by atoms with Crippen LogP contribution >= 0.6 is 0 Å². The molecular formula is C29H38FNO4. The third-order valence-corrected chi connectivity index (χ3v) is 7.05. The molecular weight excluding hydrogens is 445 g/mol. The molecule has 0 radical (unpaired) electrons. The summed E-state index contributed by atoms with van der Waals surface area (Å²) in [5, 5.41) is 18.4. The Hall–Kier alpha value is -2.86. The molecule has 1 saturated heterocycles. The predicted molar refractivity (Wildman–Crippen MR) is 138 cm³/mol. The third kappa shape index (κ3) is 5.87. The molecule has 2 N–H and O–H groups in total. The van der Waals surface area contributed by atoms with E-state index in [9.17, 15) is 9.50 Å². The first-order valence-corrected chi connectivity index (χ1v) is 12.8. The van der Waals surface area contributed by atoms with Crippen LogP contribution in [0.1, 0.15) is 87.4 Å². The van der Waals surface area contributed by atoms with Gasteiger partial charge in [-0.3, -0.25) is 4.79 Å². The van der Waals surface area contributed by atoms with Crippen LogP contribution in [0.5, 0.6) is 5.75 Å². The number of aromatic nitrogens is 1. The lowest BCUT2D eigenvalue weighted by atomic mass is 9.80. The van der Waals surface area contributed by atoms with E-state index in [-0.39, 0.29) is 12.3 Å². The Morgan fingerprint density at radius 1 is 0.971 bits per heavy atom. The van der Waals surface area contributed by atoms with Crippen molar-refractivity contribution in [1.29, 1.82) is 0 Å². The van der Waals surface area contributed by atoms with E-state index in [4.69, 9.17) is 14.6 Å². The minimum absolute atomic E-state index is 0.173. The molecule has 0 atom stereocenters.